The molecule has 2 nitrogen and oxygen atoms in total. The first-order chi connectivity index (χ1) is 6.26. The molecule has 0 aromatic heterocycles. The molecular formula is C10H20N2S. The Balaban J connectivity index is 2.30. The predicted molar refractivity (Wildman–Crippen MR) is 61.4 cm³/mol. The van der Waals surface area contributed by atoms with Gasteiger partial charge >= 0.3 is 0 Å². The SMILES string of the molecule is CCC(CC)CN=C1NC(C)CS1. The first-order valence-electron chi connectivity index (χ1n) is 5.20. The van der Waals surface area contributed by atoms with Crippen LogP contribution in [-0.4, -0.2) is 23.5 Å². The average Bonchev–Trinajstić information content (AvgIpc) is 2.53. The van der Waals surface area contributed by atoms with Crippen molar-refractivity contribution in [3.63, 3.8) is 0 Å². The molecule has 0 aliphatic carbocycles. The normalized spacial score (nSPS) is 25.5. The Morgan fingerprint density at radius 2 is 2.23 bits per heavy atom. The summed E-state index contributed by atoms with van der Waals surface area (Å²) >= 11 is 1.85. The van der Waals surface area contributed by atoms with Gasteiger partial charge in [0, 0.05) is 18.3 Å². The van der Waals surface area contributed by atoms with Crippen LogP contribution < -0.4 is 5.32 Å². The molecule has 1 saturated heterocycles. The summed E-state index contributed by atoms with van der Waals surface area (Å²) < 4.78 is 0. The molecule has 0 bridgehead atoms. The number of nitrogens with one attached hydrogen (secondary N) is 1. The molecule has 1 N–H and O–H groups in total. The van der Waals surface area contributed by atoms with Gasteiger partial charge in [0.2, 0.25) is 0 Å². The van der Waals surface area contributed by atoms with Gasteiger partial charge in [-0.05, 0) is 12.8 Å². The fraction of sp³-hybridized carbons (Fsp3) is 0.900. The zero-order valence-electron chi connectivity index (χ0n) is 8.84. The minimum atomic E-state index is 0.602. The van der Waals surface area contributed by atoms with Crippen molar-refractivity contribution in [1.29, 1.82) is 0 Å². The number of thioether (sulfide) groups is 1. The fourth-order valence-electron chi connectivity index (χ4n) is 1.35. The number of rotatable bonds is 4. The highest BCUT2D eigenvalue weighted by Gasteiger charge is 2.15. The summed E-state index contributed by atoms with van der Waals surface area (Å²) in [5.41, 5.74) is 0. The molecule has 3 heteroatoms. The van der Waals surface area contributed by atoms with Gasteiger partial charge in [-0.25, -0.2) is 0 Å². The fourth-order valence-corrected chi connectivity index (χ4v) is 2.29. The lowest BCUT2D eigenvalue weighted by Gasteiger charge is -2.08. The van der Waals surface area contributed by atoms with Gasteiger partial charge in [-0.2, -0.15) is 0 Å². The highest BCUT2D eigenvalue weighted by molar-refractivity contribution is 8.14. The van der Waals surface area contributed by atoms with E-state index in [2.05, 4.69) is 31.1 Å². The van der Waals surface area contributed by atoms with E-state index in [0.717, 1.165) is 17.6 Å². The average molecular weight is 200 g/mol. The van der Waals surface area contributed by atoms with Gasteiger partial charge in [0.15, 0.2) is 5.17 Å². The maximum atomic E-state index is 4.58. The molecule has 1 unspecified atom stereocenters. The first kappa shape index (κ1) is 10.9. The monoisotopic (exact) mass is 200 g/mol. The van der Waals surface area contributed by atoms with E-state index < -0.39 is 0 Å². The molecule has 0 radical (unpaired) electrons. The molecule has 0 saturated carbocycles. The molecule has 0 aromatic carbocycles. The topological polar surface area (TPSA) is 24.4 Å². The van der Waals surface area contributed by atoms with Crippen LogP contribution in [0.3, 0.4) is 0 Å². The van der Waals surface area contributed by atoms with Gasteiger partial charge < -0.3 is 5.32 Å². The second kappa shape index (κ2) is 5.53. The van der Waals surface area contributed by atoms with Crippen LogP contribution in [0.5, 0.6) is 0 Å². The highest BCUT2D eigenvalue weighted by Crippen LogP contribution is 2.15. The smallest absolute Gasteiger partial charge is 0.156 e. The lowest BCUT2D eigenvalue weighted by molar-refractivity contribution is 0.505. The van der Waals surface area contributed by atoms with E-state index in [4.69, 9.17) is 0 Å². The van der Waals surface area contributed by atoms with E-state index >= 15 is 0 Å². The van der Waals surface area contributed by atoms with Crippen molar-refractivity contribution in [2.45, 2.75) is 39.7 Å². The largest absolute Gasteiger partial charge is 0.362 e. The van der Waals surface area contributed by atoms with Crippen LogP contribution in [0.15, 0.2) is 4.99 Å². The van der Waals surface area contributed by atoms with Crippen molar-refractivity contribution in [1.82, 2.24) is 5.32 Å². The van der Waals surface area contributed by atoms with Crippen molar-refractivity contribution in [2.24, 2.45) is 10.9 Å². The second-order valence-corrected chi connectivity index (χ2v) is 4.69. The molecule has 0 aromatic rings. The summed E-state index contributed by atoms with van der Waals surface area (Å²) in [7, 11) is 0. The molecule has 76 valence electrons. The molecule has 1 atom stereocenters. The summed E-state index contributed by atoms with van der Waals surface area (Å²) in [6, 6.07) is 0.602. The Hall–Kier alpha value is -0.180. The number of hydrogen-bond donors (Lipinski definition) is 1. The molecule has 1 fully saturated rings. The third-order valence-corrected chi connectivity index (χ3v) is 3.67. The zero-order chi connectivity index (χ0) is 9.68. The third kappa shape index (κ3) is 3.59. The van der Waals surface area contributed by atoms with Crippen LogP contribution in [0.1, 0.15) is 33.6 Å². The molecule has 1 heterocycles. The number of hydrogen-bond acceptors (Lipinski definition) is 2. The van der Waals surface area contributed by atoms with Crippen LogP contribution in [0, 0.1) is 5.92 Å². The lowest BCUT2D eigenvalue weighted by Crippen LogP contribution is -2.23. The lowest BCUT2D eigenvalue weighted by atomic mass is 10.0. The summed E-state index contributed by atoms with van der Waals surface area (Å²) in [5.74, 6) is 1.94. The van der Waals surface area contributed by atoms with E-state index in [1.54, 1.807) is 0 Å². The predicted octanol–water partition coefficient (Wildman–Crippen LogP) is 2.50. The minimum Gasteiger partial charge on any atom is -0.362 e. The summed E-state index contributed by atoms with van der Waals surface area (Å²) in [4.78, 5) is 4.58. The molecule has 0 amide bonds. The molecule has 0 spiro atoms. The Morgan fingerprint density at radius 1 is 1.54 bits per heavy atom. The number of amidine groups is 1. The minimum absolute atomic E-state index is 0.602. The van der Waals surface area contributed by atoms with Gasteiger partial charge in [0.1, 0.15) is 0 Å². The maximum absolute atomic E-state index is 4.58. The first-order valence-corrected chi connectivity index (χ1v) is 6.18. The van der Waals surface area contributed by atoms with E-state index in [-0.39, 0.29) is 0 Å². The summed E-state index contributed by atoms with van der Waals surface area (Å²) in [5, 5.41) is 4.52. The Labute approximate surface area is 85.6 Å². The molecule has 1 aliphatic heterocycles. The molecule has 1 rings (SSSR count). The van der Waals surface area contributed by atoms with Crippen molar-refractivity contribution >= 4 is 16.9 Å². The van der Waals surface area contributed by atoms with Crippen molar-refractivity contribution in [3.8, 4) is 0 Å². The Kier molecular flexibility index (Phi) is 4.64. The Morgan fingerprint density at radius 3 is 2.69 bits per heavy atom. The standard InChI is InChI=1S/C10H20N2S/c1-4-9(5-2)6-11-10-12-8(3)7-13-10/h8-9H,4-7H2,1-3H3,(H,11,12). The highest BCUT2D eigenvalue weighted by atomic mass is 32.2. The van der Waals surface area contributed by atoms with Crippen LogP contribution in [0.25, 0.3) is 0 Å². The molecule has 1 aliphatic rings. The Bertz CT molecular complexity index is 176. The zero-order valence-corrected chi connectivity index (χ0v) is 9.66. The summed E-state index contributed by atoms with van der Waals surface area (Å²) in [6.07, 6.45) is 2.49. The summed E-state index contributed by atoms with van der Waals surface area (Å²) in [6.45, 7) is 7.68. The molecule has 13 heavy (non-hydrogen) atoms. The van der Waals surface area contributed by atoms with Gasteiger partial charge in [0.05, 0.1) is 0 Å². The number of nitrogens with zero attached hydrogens (tertiary/aromatic N) is 1. The van der Waals surface area contributed by atoms with Crippen molar-refractivity contribution < 1.29 is 0 Å². The van der Waals surface area contributed by atoms with Gasteiger partial charge in [-0.3, -0.25) is 4.99 Å². The van der Waals surface area contributed by atoms with Crippen molar-refractivity contribution in [2.75, 3.05) is 12.3 Å². The molecular weight excluding hydrogens is 180 g/mol. The van der Waals surface area contributed by atoms with E-state index in [9.17, 15) is 0 Å². The van der Waals surface area contributed by atoms with Gasteiger partial charge in [0.25, 0.3) is 0 Å². The van der Waals surface area contributed by atoms with E-state index in [1.165, 1.54) is 18.6 Å². The second-order valence-electron chi connectivity index (χ2n) is 3.68. The van der Waals surface area contributed by atoms with Crippen LogP contribution >= 0.6 is 11.8 Å². The third-order valence-electron chi connectivity index (χ3n) is 2.49. The van der Waals surface area contributed by atoms with E-state index in [0.29, 0.717) is 6.04 Å². The van der Waals surface area contributed by atoms with Gasteiger partial charge in [-0.15, -0.1) is 0 Å². The van der Waals surface area contributed by atoms with Crippen LogP contribution in [0.4, 0.5) is 0 Å². The number of aliphatic imine (C=N–C) groups is 1. The maximum Gasteiger partial charge on any atom is 0.156 e. The van der Waals surface area contributed by atoms with E-state index in [1.807, 2.05) is 11.8 Å². The van der Waals surface area contributed by atoms with Crippen LogP contribution in [0.2, 0.25) is 0 Å². The van der Waals surface area contributed by atoms with Crippen LogP contribution in [-0.2, 0) is 0 Å². The van der Waals surface area contributed by atoms with Crippen molar-refractivity contribution in [3.05, 3.63) is 0 Å². The van der Waals surface area contributed by atoms with Gasteiger partial charge in [-0.1, -0.05) is 38.5 Å². The quantitative estimate of drug-likeness (QED) is 0.754.